The normalized spacial score (nSPS) is 27.1. The predicted molar refractivity (Wildman–Crippen MR) is 82.2 cm³/mol. The largest absolute Gasteiger partial charge is 0.493 e. The summed E-state index contributed by atoms with van der Waals surface area (Å²) < 4.78 is 6.12. The van der Waals surface area contributed by atoms with Gasteiger partial charge in [-0.1, -0.05) is 13.0 Å². The van der Waals surface area contributed by atoms with Crippen LogP contribution >= 0.6 is 0 Å². The summed E-state index contributed by atoms with van der Waals surface area (Å²) >= 11 is 0. The lowest BCUT2D eigenvalue weighted by Gasteiger charge is -2.38. The van der Waals surface area contributed by atoms with Crippen molar-refractivity contribution in [1.82, 2.24) is 10.2 Å². The maximum absolute atomic E-state index is 6.12. The molecule has 2 heterocycles. The first-order valence-corrected chi connectivity index (χ1v) is 7.79. The van der Waals surface area contributed by atoms with Crippen LogP contribution in [-0.4, -0.2) is 38.2 Å². The molecule has 0 aliphatic carbocycles. The van der Waals surface area contributed by atoms with E-state index in [1.54, 1.807) is 0 Å². The Morgan fingerprint density at radius 2 is 2.25 bits per heavy atom. The molecule has 1 aromatic carbocycles. The van der Waals surface area contributed by atoms with Gasteiger partial charge in [0, 0.05) is 18.5 Å². The third-order valence-electron chi connectivity index (χ3n) is 4.62. The van der Waals surface area contributed by atoms with E-state index in [2.05, 4.69) is 42.4 Å². The molecular formula is C17H26N2O. The van der Waals surface area contributed by atoms with E-state index in [9.17, 15) is 0 Å². The molecule has 20 heavy (non-hydrogen) atoms. The van der Waals surface area contributed by atoms with Crippen molar-refractivity contribution < 1.29 is 4.74 Å². The average Bonchev–Trinajstić information content (AvgIpc) is 2.45. The topological polar surface area (TPSA) is 24.5 Å². The molecule has 3 heteroatoms. The zero-order valence-electron chi connectivity index (χ0n) is 12.7. The lowest BCUT2D eigenvalue weighted by molar-refractivity contribution is 0.0700. The van der Waals surface area contributed by atoms with Gasteiger partial charge >= 0.3 is 0 Å². The van der Waals surface area contributed by atoms with E-state index in [0.29, 0.717) is 5.41 Å². The fourth-order valence-electron chi connectivity index (χ4n) is 3.50. The summed E-state index contributed by atoms with van der Waals surface area (Å²) in [4.78, 5) is 2.42. The second-order valence-corrected chi connectivity index (χ2v) is 6.80. The van der Waals surface area contributed by atoms with Crippen LogP contribution in [0.2, 0.25) is 0 Å². The molecule has 1 atom stereocenters. The molecule has 0 saturated carbocycles. The third kappa shape index (κ3) is 3.15. The number of likely N-dealkylation sites (tertiary alicyclic amines) is 1. The summed E-state index contributed by atoms with van der Waals surface area (Å²) in [5, 5.41) is 3.41. The molecule has 3 rings (SSSR count). The smallest absolute Gasteiger partial charge is 0.119 e. The monoisotopic (exact) mass is 274 g/mol. The Balaban J connectivity index is 1.63. The first kappa shape index (κ1) is 13.9. The van der Waals surface area contributed by atoms with E-state index >= 15 is 0 Å². The van der Waals surface area contributed by atoms with Crippen molar-refractivity contribution in [3.63, 3.8) is 0 Å². The molecule has 1 aromatic rings. The molecule has 3 nitrogen and oxygen atoms in total. The maximum atomic E-state index is 6.12. The van der Waals surface area contributed by atoms with Crippen molar-refractivity contribution >= 4 is 0 Å². The van der Waals surface area contributed by atoms with Crippen molar-refractivity contribution in [3.05, 3.63) is 29.3 Å². The van der Waals surface area contributed by atoms with Crippen LogP contribution in [0.3, 0.4) is 0 Å². The van der Waals surface area contributed by atoms with Gasteiger partial charge in [-0.05, 0) is 62.7 Å². The van der Waals surface area contributed by atoms with Crippen LogP contribution in [0, 0.1) is 5.41 Å². The van der Waals surface area contributed by atoms with Crippen LogP contribution in [0.25, 0.3) is 0 Å². The molecular weight excluding hydrogens is 248 g/mol. The van der Waals surface area contributed by atoms with Gasteiger partial charge in [-0.3, -0.25) is 0 Å². The Morgan fingerprint density at radius 1 is 1.35 bits per heavy atom. The number of nitrogens with one attached hydrogen (secondary N) is 1. The number of nitrogens with zero attached hydrogens (tertiary/aromatic N) is 1. The molecule has 0 amide bonds. The number of ether oxygens (including phenoxy) is 1. The Hall–Kier alpha value is -1.06. The van der Waals surface area contributed by atoms with Gasteiger partial charge in [-0.25, -0.2) is 0 Å². The van der Waals surface area contributed by atoms with Crippen molar-refractivity contribution in [2.75, 3.05) is 33.3 Å². The minimum atomic E-state index is 0.296. The van der Waals surface area contributed by atoms with Crippen molar-refractivity contribution in [1.29, 1.82) is 0 Å². The summed E-state index contributed by atoms with van der Waals surface area (Å²) in [5.41, 5.74) is 3.17. The standard InChI is InChI=1S/C17H26N2O/c1-17(7-3-9-19(2)12-17)13-20-16-5-4-15-11-18-8-6-14(15)10-16/h4-5,10,18H,3,6-9,11-13H2,1-2H3. The molecule has 2 aliphatic heterocycles. The minimum Gasteiger partial charge on any atom is -0.493 e. The highest BCUT2D eigenvalue weighted by Gasteiger charge is 2.30. The molecule has 1 unspecified atom stereocenters. The van der Waals surface area contributed by atoms with E-state index in [-0.39, 0.29) is 0 Å². The fraction of sp³-hybridized carbons (Fsp3) is 0.647. The number of hydrogen-bond acceptors (Lipinski definition) is 3. The zero-order chi connectivity index (χ0) is 14.0. The average molecular weight is 274 g/mol. The van der Waals surface area contributed by atoms with Crippen LogP contribution in [0.15, 0.2) is 18.2 Å². The number of fused-ring (bicyclic) bond motifs is 1. The summed E-state index contributed by atoms with van der Waals surface area (Å²) in [6, 6.07) is 6.58. The van der Waals surface area contributed by atoms with Crippen molar-refractivity contribution in [2.24, 2.45) is 5.41 Å². The zero-order valence-corrected chi connectivity index (χ0v) is 12.7. The molecule has 2 aliphatic rings. The predicted octanol–water partition coefficient (Wildman–Crippen LogP) is 2.44. The van der Waals surface area contributed by atoms with E-state index in [1.165, 1.54) is 30.5 Å². The Labute approximate surface area is 122 Å². The minimum absolute atomic E-state index is 0.296. The summed E-state index contributed by atoms with van der Waals surface area (Å²) in [6.07, 6.45) is 3.67. The molecule has 1 N–H and O–H groups in total. The highest BCUT2D eigenvalue weighted by molar-refractivity contribution is 5.37. The molecule has 0 bridgehead atoms. The number of rotatable bonds is 3. The third-order valence-corrected chi connectivity index (χ3v) is 4.62. The Kier molecular flexibility index (Phi) is 3.99. The van der Waals surface area contributed by atoms with E-state index in [4.69, 9.17) is 4.74 Å². The van der Waals surface area contributed by atoms with Gasteiger partial charge in [-0.15, -0.1) is 0 Å². The van der Waals surface area contributed by atoms with Crippen molar-refractivity contribution in [3.8, 4) is 5.75 Å². The van der Waals surface area contributed by atoms with E-state index in [1.807, 2.05) is 0 Å². The van der Waals surface area contributed by atoms with Crippen molar-refractivity contribution in [2.45, 2.75) is 32.7 Å². The van der Waals surface area contributed by atoms with Gasteiger partial charge in [0.25, 0.3) is 0 Å². The molecule has 0 aromatic heterocycles. The van der Waals surface area contributed by atoms with Crippen LogP contribution < -0.4 is 10.1 Å². The summed E-state index contributed by atoms with van der Waals surface area (Å²) in [6.45, 7) is 7.62. The highest BCUT2D eigenvalue weighted by Crippen LogP contribution is 2.30. The summed E-state index contributed by atoms with van der Waals surface area (Å²) in [5.74, 6) is 1.04. The van der Waals surface area contributed by atoms with Crippen LogP contribution in [0.1, 0.15) is 30.9 Å². The lowest BCUT2D eigenvalue weighted by Crippen LogP contribution is -2.42. The maximum Gasteiger partial charge on any atom is 0.119 e. The molecule has 110 valence electrons. The first-order valence-electron chi connectivity index (χ1n) is 7.79. The number of benzene rings is 1. The van der Waals surface area contributed by atoms with Crippen LogP contribution in [0.4, 0.5) is 0 Å². The van der Waals surface area contributed by atoms with Gasteiger partial charge in [0.1, 0.15) is 5.75 Å². The van der Waals surface area contributed by atoms with Gasteiger partial charge in [0.2, 0.25) is 0 Å². The van der Waals surface area contributed by atoms with Gasteiger partial charge in [-0.2, -0.15) is 0 Å². The van der Waals surface area contributed by atoms with E-state index in [0.717, 1.165) is 38.4 Å². The number of piperidine rings is 1. The van der Waals surface area contributed by atoms with Gasteiger partial charge in [0.05, 0.1) is 6.61 Å². The van der Waals surface area contributed by atoms with E-state index < -0.39 is 0 Å². The fourth-order valence-corrected chi connectivity index (χ4v) is 3.50. The van der Waals surface area contributed by atoms with Gasteiger partial charge < -0.3 is 15.0 Å². The molecule has 1 fully saturated rings. The SMILES string of the molecule is CN1CCCC(C)(COc2ccc3c(c2)CCNC3)C1. The second kappa shape index (κ2) is 5.74. The lowest BCUT2D eigenvalue weighted by atomic mass is 9.83. The Bertz CT molecular complexity index is 474. The van der Waals surface area contributed by atoms with Crippen LogP contribution in [0.5, 0.6) is 5.75 Å². The highest BCUT2D eigenvalue weighted by atomic mass is 16.5. The summed E-state index contributed by atoms with van der Waals surface area (Å²) in [7, 11) is 2.21. The Morgan fingerprint density at radius 3 is 3.10 bits per heavy atom. The van der Waals surface area contributed by atoms with Crippen LogP contribution in [-0.2, 0) is 13.0 Å². The molecule has 0 radical (unpaired) electrons. The second-order valence-electron chi connectivity index (χ2n) is 6.80. The van der Waals surface area contributed by atoms with Gasteiger partial charge in [0.15, 0.2) is 0 Å². The molecule has 1 saturated heterocycles. The first-order chi connectivity index (χ1) is 9.65. The quantitative estimate of drug-likeness (QED) is 0.916. The number of hydrogen-bond donors (Lipinski definition) is 1. The molecule has 0 spiro atoms.